The molecule has 1 aromatic heterocycles. The minimum atomic E-state index is 0.468. The maximum Gasteiger partial charge on any atom is 0.108 e. The van der Waals surface area contributed by atoms with E-state index >= 15 is 0 Å². The van der Waals surface area contributed by atoms with E-state index in [2.05, 4.69) is 15.6 Å². The lowest BCUT2D eigenvalue weighted by molar-refractivity contribution is 0.484. The van der Waals surface area contributed by atoms with E-state index in [0.29, 0.717) is 12.5 Å². The first kappa shape index (κ1) is 14.1. The molecule has 3 nitrogen and oxygen atoms in total. The van der Waals surface area contributed by atoms with Gasteiger partial charge in [0, 0.05) is 30.9 Å². The van der Waals surface area contributed by atoms with Crippen LogP contribution in [0.15, 0.2) is 36.7 Å². The summed E-state index contributed by atoms with van der Waals surface area (Å²) in [6.45, 7) is 0.691. The Kier molecular flexibility index (Phi) is 5.00. The molecule has 2 N–H and O–H groups in total. The average Bonchev–Trinajstić information content (AvgIpc) is 2.80. The number of hydrogen-bond acceptors (Lipinski definition) is 2. The second-order valence-corrected chi connectivity index (χ2v) is 5.37. The summed E-state index contributed by atoms with van der Waals surface area (Å²) in [5.74, 6) is 1.58. The zero-order valence-electron chi connectivity index (χ0n) is 11.2. The molecule has 1 aromatic carbocycles. The van der Waals surface area contributed by atoms with Crippen LogP contribution in [0.4, 0.5) is 0 Å². The third-order valence-corrected chi connectivity index (χ3v) is 3.68. The van der Waals surface area contributed by atoms with E-state index in [4.69, 9.17) is 17.3 Å². The molecule has 102 valence electrons. The monoisotopic (exact) mass is 277 g/mol. The molecule has 1 unspecified atom stereocenters. The van der Waals surface area contributed by atoms with Gasteiger partial charge in [0.05, 0.1) is 0 Å². The zero-order chi connectivity index (χ0) is 13.7. The second kappa shape index (κ2) is 6.73. The highest BCUT2D eigenvalue weighted by Gasteiger charge is 2.10. The number of benzene rings is 1. The van der Waals surface area contributed by atoms with Crippen LogP contribution >= 0.6 is 11.6 Å². The highest BCUT2D eigenvalue weighted by atomic mass is 35.5. The summed E-state index contributed by atoms with van der Waals surface area (Å²) < 4.78 is 2.06. The fourth-order valence-electron chi connectivity index (χ4n) is 2.27. The summed E-state index contributed by atoms with van der Waals surface area (Å²) in [6, 6.07) is 8.01. The molecule has 0 spiro atoms. The summed E-state index contributed by atoms with van der Waals surface area (Å²) in [5.41, 5.74) is 7.13. The van der Waals surface area contributed by atoms with Crippen LogP contribution in [0.2, 0.25) is 5.02 Å². The van der Waals surface area contributed by atoms with Crippen molar-refractivity contribution in [3.63, 3.8) is 0 Å². The molecule has 0 aliphatic carbocycles. The maximum atomic E-state index is 6.01. The van der Waals surface area contributed by atoms with Crippen molar-refractivity contribution in [2.24, 2.45) is 18.7 Å². The van der Waals surface area contributed by atoms with E-state index in [0.717, 1.165) is 30.1 Å². The summed E-state index contributed by atoms with van der Waals surface area (Å²) in [7, 11) is 2.02. The van der Waals surface area contributed by atoms with Crippen molar-refractivity contribution < 1.29 is 0 Å². The van der Waals surface area contributed by atoms with E-state index in [1.54, 1.807) is 0 Å². The quantitative estimate of drug-likeness (QED) is 0.882. The smallest absolute Gasteiger partial charge is 0.108 e. The van der Waals surface area contributed by atoms with Crippen molar-refractivity contribution in [3.05, 3.63) is 53.1 Å². The average molecular weight is 278 g/mol. The molecule has 4 heteroatoms. The molecule has 0 bridgehead atoms. The van der Waals surface area contributed by atoms with Gasteiger partial charge in [0.2, 0.25) is 0 Å². The Hall–Kier alpha value is -1.32. The summed E-state index contributed by atoms with van der Waals surface area (Å²) in [5, 5.41) is 0.789. The van der Waals surface area contributed by atoms with Gasteiger partial charge in [-0.2, -0.15) is 0 Å². The summed E-state index contributed by atoms with van der Waals surface area (Å²) in [6.07, 6.45) is 6.80. The molecule has 1 heterocycles. The number of hydrogen-bond donors (Lipinski definition) is 1. The first-order valence-electron chi connectivity index (χ1n) is 6.59. The van der Waals surface area contributed by atoms with Crippen molar-refractivity contribution in [1.29, 1.82) is 0 Å². The second-order valence-electron chi connectivity index (χ2n) is 4.93. The van der Waals surface area contributed by atoms with Crippen LogP contribution in [0.5, 0.6) is 0 Å². The molecule has 2 rings (SSSR count). The zero-order valence-corrected chi connectivity index (χ0v) is 12.0. The van der Waals surface area contributed by atoms with Crippen LogP contribution in [0.1, 0.15) is 17.8 Å². The lowest BCUT2D eigenvalue weighted by Gasteiger charge is -2.14. The number of imidazole rings is 1. The predicted molar refractivity (Wildman–Crippen MR) is 79.2 cm³/mol. The summed E-state index contributed by atoms with van der Waals surface area (Å²) in [4.78, 5) is 4.34. The van der Waals surface area contributed by atoms with E-state index in [1.165, 1.54) is 5.56 Å². The summed E-state index contributed by atoms with van der Waals surface area (Å²) >= 11 is 6.01. The number of nitrogens with zero attached hydrogens (tertiary/aromatic N) is 2. The van der Waals surface area contributed by atoms with Crippen LogP contribution in [-0.2, 0) is 19.9 Å². The third kappa shape index (κ3) is 4.08. The fraction of sp³-hybridized carbons (Fsp3) is 0.400. The topological polar surface area (TPSA) is 43.8 Å². The molecule has 1 atom stereocenters. The standard InChI is InChI=1S/C15H20ClN3/c1-19-8-7-18-15(19)6-5-13(11-17)9-12-3-2-4-14(16)10-12/h2-4,7-8,10,13H,5-6,9,11,17H2,1H3. The number of rotatable bonds is 6. The van der Waals surface area contributed by atoms with E-state index < -0.39 is 0 Å². The van der Waals surface area contributed by atoms with Crippen LogP contribution in [0.3, 0.4) is 0 Å². The molecule has 2 aromatic rings. The Morgan fingerprint density at radius 1 is 1.42 bits per heavy atom. The lowest BCUT2D eigenvalue weighted by atomic mass is 9.95. The Morgan fingerprint density at radius 3 is 2.89 bits per heavy atom. The van der Waals surface area contributed by atoms with Crippen molar-refractivity contribution in [1.82, 2.24) is 9.55 Å². The molecule has 0 saturated carbocycles. The van der Waals surface area contributed by atoms with Gasteiger partial charge in [0.25, 0.3) is 0 Å². The Bertz CT molecular complexity index is 522. The SMILES string of the molecule is Cn1ccnc1CCC(CN)Cc1cccc(Cl)c1. The molecule has 0 aliphatic rings. The largest absolute Gasteiger partial charge is 0.338 e. The van der Waals surface area contributed by atoms with Gasteiger partial charge in [0.15, 0.2) is 0 Å². The van der Waals surface area contributed by atoms with Crippen LogP contribution in [0, 0.1) is 5.92 Å². The molecule has 0 saturated heterocycles. The molecular weight excluding hydrogens is 258 g/mol. The Morgan fingerprint density at radius 2 is 2.26 bits per heavy atom. The molecule has 0 amide bonds. The van der Waals surface area contributed by atoms with Crippen molar-refractivity contribution in [3.8, 4) is 0 Å². The lowest BCUT2D eigenvalue weighted by Crippen LogP contribution is -2.18. The third-order valence-electron chi connectivity index (χ3n) is 3.44. The normalized spacial score (nSPS) is 12.6. The molecule has 0 aliphatic heterocycles. The van der Waals surface area contributed by atoms with Gasteiger partial charge in [-0.3, -0.25) is 0 Å². The number of nitrogens with two attached hydrogens (primary N) is 1. The molecular formula is C15H20ClN3. The Labute approximate surface area is 119 Å². The minimum absolute atomic E-state index is 0.468. The minimum Gasteiger partial charge on any atom is -0.338 e. The van der Waals surface area contributed by atoms with Gasteiger partial charge in [-0.1, -0.05) is 23.7 Å². The van der Waals surface area contributed by atoms with Crippen molar-refractivity contribution in [2.75, 3.05) is 6.54 Å². The van der Waals surface area contributed by atoms with E-state index in [9.17, 15) is 0 Å². The van der Waals surface area contributed by atoms with Gasteiger partial charge in [-0.05, 0) is 43.0 Å². The fourth-order valence-corrected chi connectivity index (χ4v) is 2.48. The van der Waals surface area contributed by atoms with Crippen molar-refractivity contribution >= 4 is 11.6 Å². The van der Waals surface area contributed by atoms with Gasteiger partial charge in [-0.15, -0.1) is 0 Å². The first-order chi connectivity index (χ1) is 9.19. The van der Waals surface area contributed by atoms with Gasteiger partial charge in [0.1, 0.15) is 5.82 Å². The Balaban J connectivity index is 1.92. The van der Waals surface area contributed by atoms with Crippen LogP contribution in [-0.4, -0.2) is 16.1 Å². The van der Waals surface area contributed by atoms with Crippen molar-refractivity contribution in [2.45, 2.75) is 19.3 Å². The molecule has 0 radical (unpaired) electrons. The number of aromatic nitrogens is 2. The number of aryl methyl sites for hydroxylation is 2. The van der Waals surface area contributed by atoms with Gasteiger partial charge < -0.3 is 10.3 Å². The highest BCUT2D eigenvalue weighted by molar-refractivity contribution is 6.30. The van der Waals surface area contributed by atoms with E-state index in [1.807, 2.05) is 37.6 Å². The van der Waals surface area contributed by atoms with Crippen LogP contribution < -0.4 is 5.73 Å². The number of halogens is 1. The van der Waals surface area contributed by atoms with Gasteiger partial charge in [-0.25, -0.2) is 4.98 Å². The van der Waals surface area contributed by atoms with Gasteiger partial charge >= 0.3 is 0 Å². The maximum absolute atomic E-state index is 6.01. The van der Waals surface area contributed by atoms with E-state index in [-0.39, 0.29) is 0 Å². The first-order valence-corrected chi connectivity index (χ1v) is 6.97. The molecule has 19 heavy (non-hydrogen) atoms. The molecule has 0 fully saturated rings. The predicted octanol–water partition coefficient (Wildman–Crippen LogP) is 2.82. The van der Waals surface area contributed by atoms with Crippen LogP contribution in [0.25, 0.3) is 0 Å². The highest BCUT2D eigenvalue weighted by Crippen LogP contribution is 2.17.